The summed E-state index contributed by atoms with van der Waals surface area (Å²) < 4.78 is 4.99. The molecular weight excluding hydrogens is 192 g/mol. The second kappa shape index (κ2) is 5.83. The van der Waals surface area contributed by atoms with Crippen molar-refractivity contribution in [2.24, 2.45) is 5.92 Å². The molecule has 2 unspecified atom stereocenters. The fourth-order valence-electron chi connectivity index (χ4n) is 2.45. The summed E-state index contributed by atoms with van der Waals surface area (Å²) in [5.41, 5.74) is -0.842. The van der Waals surface area contributed by atoms with Crippen molar-refractivity contribution in [3.8, 4) is 0 Å². The van der Waals surface area contributed by atoms with Crippen LogP contribution in [0.2, 0.25) is 0 Å². The number of aliphatic hydroxyl groups excluding tert-OH is 1. The molecule has 0 spiro atoms. The van der Waals surface area contributed by atoms with Crippen LogP contribution >= 0.6 is 0 Å². The standard InChI is InChI=1S/C12H24O3/c1-10(6-9-15-2)11(13)12(14)7-4-3-5-8-12/h10-11,13-14H,3-9H2,1-2H3. The summed E-state index contributed by atoms with van der Waals surface area (Å²) in [5, 5.41) is 20.4. The van der Waals surface area contributed by atoms with Gasteiger partial charge in [0.25, 0.3) is 0 Å². The molecule has 0 aliphatic heterocycles. The van der Waals surface area contributed by atoms with Crippen molar-refractivity contribution in [2.45, 2.75) is 57.2 Å². The van der Waals surface area contributed by atoms with E-state index < -0.39 is 11.7 Å². The van der Waals surface area contributed by atoms with Crippen molar-refractivity contribution >= 4 is 0 Å². The van der Waals surface area contributed by atoms with Crippen LogP contribution in [-0.2, 0) is 4.74 Å². The monoisotopic (exact) mass is 216 g/mol. The fraction of sp³-hybridized carbons (Fsp3) is 1.00. The van der Waals surface area contributed by atoms with Gasteiger partial charge < -0.3 is 14.9 Å². The molecule has 2 atom stereocenters. The molecule has 0 aromatic rings. The number of hydrogen-bond acceptors (Lipinski definition) is 3. The van der Waals surface area contributed by atoms with Crippen LogP contribution in [0.4, 0.5) is 0 Å². The Morgan fingerprint density at radius 1 is 1.27 bits per heavy atom. The van der Waals surface area contributed by atoms with E-state index in [1.54, 1.807) is 7.11 Å². The van der Waals surface area contributed by atoms with Gasteiger partial charge >= 0.3 is 0 Å². The third kappa shape index (κ3) is 3.44. The van der Waals surface area contributed by atoms with E-state index in [1.807, 2.05) is 6.92 Å². The van der Waals surface area contributed by atoms with Crippen molar-refractivity contribution in [3.05, 3.63) is 0 Å². The van der Waals surface area contributed by atoms with Crippen LogP contribution in [0.3, 0.4) is 0 Å². The molecule has 0 radical (unpaired) electrons. The molecule has 1 aliphatic carbocycles. The third-order valence-electron chi connectivity index (χ3n) is 3.59. The minimum atomic E-state index is -0.842. The van der Waals surface area contributed by atoms with Gasteiger partial charge in [0.05, 0.1) is 11.7 Å². The first-order valence-corrected chi connectivity index (χ1v) is 5.99. The Bertz CT molecular complexity index is 176. The normalized spacial score (nSPS) is 24.8. The molecule has 0 saturated heterocycles. The first kappa shape index (κ1) is 12.9. The molecule has 0 aromatic heterocycles. The highest BCUT2D eigenvalue weighted by Crippen LogP contribution is 2.34. The van der Waals surface area contributed by atoms with E-state index in [9.17, 15) is 10.2 Å². The van der Waals surface area contributed by atoms with Crippen LogP contribution in [0.1, 0.15) is 45.4 Å². The molecule has 0 aromatic carbocycles. The fourth-order valence-corrected chi connectivity index (χ4v) is 2.45. The Balaban J connectivity index is 2.45. The van der Waals surface area contributed by atoms with Gasteiger partial charge in [-0.15, -0.1) is 0 Å². The summed E-state index contributed by atoms with van der Waals surface area (Å²) in [4.78, 5) is 0. The van der Waals surface area contributed by atoms with Crippen molar-refractivity contribution in [1.82, 2.24) is 0 Å². The summed E-state index contributed by atoms with van der Waals surface area (Å²) in [6.07, 6.45) is 4.93. The maximum Gasteiger partial charge on any atom is 0.0908 e. The highest BCUT2D eigenvalue weighted by atomic mass is 16.5. The molecule has 3 heteroatoms. The van der Waals surface area contributed by atoms with Crippen LogP contribution in [0.25, 0.3) is 0 Å². The van der Waals surface area contributed by atoms with E-state index in [1.165, 1.54) is 6.42 Å². The Hall–Kier alpha value is -0.120. The van der Waals surface area contributed by atoms with Gasteiger partial charge in [0.1, 0.15) is 0 Å². The van der Waals surface area contributed by atoms with E-state index in [2.05, 4.69) is 0 Å². The lowest BCUT2D eigenvalue weighted by Gasteiger charge is -2.39. The Labute approximate surface area is 92.4 Å². The van der Waals surface area contributed by atoms with Gasteiger partial charge in [-0.25, -0.2) is 0 Å². The van der Waals surface area contributed by atoms with Gasteiger partial charge in [0.15, 0.2) is 0 Å². The first-order chi connectivity index (χ1) is 7.10. The number of aliphatic hydroxyl groups is 2. The van der Waals surface area contributed by atoms with E-state index in [0.29, 0.717) is 6.61 Å². The van der Waals surface area contributed by atoms with Gasteiger partial charge in [0.2, 0.25) is 0 Å². The molecule has 0 heterocycles. The molecule has 15 heavy (non-hydrogen) atoms. The van der Waals surface area contributed by atoms with Crippen molar-refractivity contribution in [3.63, 3.8) is 0 Å². The smallest absolute Gasteiger partial charge is 0.0908 e. The van der Waals surface area contributed by atoms with Crippen molar-refractivity contribution in [1.29, 1.82) is 0 Å². The minimum Gasteiger partial charge on any atom is -0.390 e. The first-order valence-electron chi connectivity index (χ1n) is 5.99. The molecule has 90 valence electrons. The molecule has 0 amide bonds. The van der Waals surface area contributed by atoms with E-state index in [-0.39, 0.29) is 5.92 Å². The average molecular weight is 216 g/mol. The maximum atomic E-state index is 10.3. The van der Waals surface area contributed by atoms with Gasteiger partial charge in [-0.2, -0.15) is 0 Å². The molecule has 1 saturated carbocycles. The van der Waals surface area contributed by atoms with Crippen molar-refractivity contribution < 1.29 is 14.9 Å². The molecular formula is C12H24O3. The van der Waals surface area contributed by atoms with Gasteiger partial charge in [-0.05, 0) is 25.2 Å². The second-order valence-electron chi connectivity index (χ2n) is 4.87. The Kier molecular flexibility index (Phi) is 5.03. The molecule has 3 nitrogen and oxygen atoms in total. The lowest BCUT2D eigenvalue weighted by atomic mass is 9.76. The quantitative estimate of drug-likeness (QED) is 0.735. The van der Waals surface area contributed by atoms with Gasteiger partial charge in [0, 0.05) is 13.7 Å². The van der Waals surface area contributed by atoms with Gasteiger partial charge in [-0.1, -0.05) is 26.2 Å². The molecule has 1 aliphatic rings. The summed E-state index contributed by atoms with van der Waals surface area (Å²) in [5.74, 6) is 0.105. The van der Waals surface area contributed by atoms with Crippen LogP contribution < -0.4 is 0 Å². The third-order valence-corrected chi connectivity index (χ3v) is 3.59. The maximum absolute atomic E-state index is 10.3. The lowest BCUT2D eigenvalue weighted by Crippen LogP contribution is -2.47. The Morgan fingerprint density at radius 2 is 1.87 bits per heavy atom. The highest BCUT2D eigenvalue weighted by Gasteiger charge is 2.39. The van der Waals surface area contributed by atoms with Crippen LogP contribution in [0.15, 0.2) is 0 Å². The Morgan fingerprint density at radius 3 is 2.40 bits per heavy atom. The zero-order valence-electron chi connectivity index (χ0n) is 9.91. The number of hydrogen-bond donors (Lipinski definition) is 2. The van der Waals surface area contributed by atoms with E-state index in [0.717, 1.165) is 32.1 Å². The number of methoxy groups -OCH3 is 1. The lowest BCUT2D eigenvalue weighted by molar-refractivity contribution is -0.120. The summed E-state index contributed by atoms with van der Waals surface area (Å²) in [6, 6.07) is 0. The van der Waals surface area contributed by atoms with Gasteiger partial charge in [-0.3, -0.25) is 0 Å². The highest BCUT2D eigenvalue weighted by molar-refractivity contribution is 4.91. The SMILES string of the molecule is COCCC(C)C(O)C1(O)CCCCC1. The zero-order chi connectivity index (χ0) is 11.3. The zero-order valence-corrected chi connectivity index (χ0v) is 9.91. The van der Waals surface area contributed by atoms with E-state index >= 15 is 0 Å². The largest absolute Gasteiger partial charge is 0.390 e. The molecule has 2 N–H and O–H groups in total. The minimum absolute atomic E-state index is 0.105. The molecule has 0 bridgehead atoms. The van der Waals surface area contributed by atoms with Crippen LogP contribution in [0.5, 0.6) is 0 Å². The summed E-state index contributed by atoms with van der Waals surface area (Å²) in [7, 11) is 1.66. The number of rotatable bonds is 5. The predicted octanol–water partition coefficient (Wildman–Crippen LogP) is 1.72. The molecule has 1 fully saturated rings. The van der Waals surface area contributed by atoms with E-state index in [4.69, 9.17) is 4.74 Å². The average Bonchev–Trinajstić information content (AvgIpc) is 2.26. The topological polar surface area (TPSA) is 49.7 Å². The molecule has 1 rings (SSSR count). The van der Waals surface area contributed by atoms with Crippen LogP contribution in [0, 0.1) is 5.92 Å². The summed E-state index contributed by atoms with van der Waals surface area (Å²) in [6.45, 7) is 2.63. The number of ether oxygens (including phenoxy) is 1. The predicted molar refractivity (Wildman–Crippen MR) is 59.7 cm³/mol. The second-order valence-corrected chi connectivity index (χ2v) is 4.87. The van der Waals surface area contributed by atoms with Crippen LogP contribution in [-0.4, -0.2) is 35.6 Å². The van der Waals surface area contributed by atoms with Crippen molar-refractivity contribution in [2.75, 3.05) is 13.7 Å². The summed E-state index contributed by atoms with van der Waals surface area (Å²) >= 11 is 0.